The van der Waals surface area contributed by atoms with E-state index in [1.165, 1.54) is 0 Å². The van der Waals surface area contributed by atoms with E-state index in [1.807, 2.05) is 60.7 Å². The Morgan fingerprint density at radius 3 is 1.47 bits per heavy atom. The lowest BCUT2D eigenvalue weighted by molar-refractivity contribution is 0.664. The van der Waals surface area contributed by atoms with E-state index in [9.17, 15) is 0 Å². The molecule has 0 radical (unpaired) electrons. The zero-order valence-electron chi connectivity index (χ0n) is 8.14. The maximum atomic E-state index is 5.54. The van der Waals surface area contributed by atoms with Gasteiger partial charge >= 0.3 is 6.92 Å². The van der Waals surface area contributed by atoms with Crippen molar-refractivity contribution < 1.29 is 4.21 Å². The lowest BCUT2D eigenvalue weighted by Gasteiger charge is -2.09. The molecule has 0 heterocycles. The van der Waals surface area contributed by atoms with Crippen molar-refractivity contribution in [1.82, 2.24) is 0 Å². The van der Waals surface area contributed by atoms with E-state index >= 15 is 0 Å². The summed E-state index contributed by atoms with van der Waals surface area (Å²) >= 11 is 5.54. The predicted molar refractivity (Wildman–Crippen MR) is 64.8 cm³/mol. The fraction of sp³-hybridized carbons (Fsp3) is 0. The van der Waals surface area contributed by atoms with Crippen molar-refractivity contribution in [2.24, 2.45) is 0 Å². The fourth-order valence-electron chi connectivity index (χ4n) is 1.55. The van der Waals surface area contributed by atoms with Gasteiger partial charge in [-0.05, 0) is 10.9 Å². The molecular weight excluding hydrogens is 206 g/mol. The molecule has 0 N–H and O–H groups in total. The fourth-order valence-corrected chi connectivity index (χ4v) is 1.76. The van der Waals surface area contributed by atoms with Crippen LogP contribution in [0, 0.1) is 0 Å². The third kappa shape index (κ3) is 2.41. The molecule has 2 rings (SSSR count). The molecule has 0 fully saturated rings. The van der Waals surface area contributed by atoms with Gasteiger partial charge in [-0.2, -0.15) is 0 Å². The van der Waals surface area contributed by atoms with Gasteiger partial charge in [-0.1, -0.05) is 60.7 Å². The van der Waals surface area contributed by atoms with Crippen molar-refractivity contribution in [3.8, 4) is 0 Å². The van der Waals surface area contributed by atoms with Crippen LogP contribution < -0.4 is 10.9 Å². The normalized spacial score (nSPS) is 9.93. The molecule has 1 nitrogen and oxygen atoms in total. The Bertz CT molecular complexity index is 365. The first kappa shape index (κ1) is 10.3. The Morgan fingerprint density at radius 1 is 0.733 bits per heavy atom. The molecule has 3 heteroatoms. The van der Waals surface area contributed by atoms with Crippen molar-refractivity contribution >= 4 is 29.7 Å². The zero-order valence-corrected chi connectivity index (χ0v) is 8.89. The maximum absolute atomic E-state index is 5.54. The van der Waals surface area contributed by atoms with Crippen LogP contribution >= 0.6 is 11.9 Å². The quantitative estimate of drug-likeness (QED) is 0.713. The molecule has 2 aromatic carbocycles. The number of hydrogen-bond donors (Lipinski definition) is 0. The van der Waals surface area contributed by atoms with Crippen molar-refractivity contribution in [3.05, 3.63) is 60.7 Å². The summed E-state index contributed by atoms with van der Waals surface area (Å²) in [4.78, 5) is 0. The van der Waals surface area contributed by atoms with Gasteiger partial charge in [0.05, 0.1) is 0 Å². The largest absolute Gasteiger partial charge is 0.386 e. The second kappa shape index (κ2) is 5.01. The van der Waals surface area contributed by atoms with Crippen molar-refractivity contribution in [1.29, 1.82) is 0 Å². The minimum Gasteiger partial charge on any atom is -0.331 e. The highest BCUT2D eigenvalue weighted by atomic mass is 35.5. The summed E-state index contributed by atoms with van der Waals surface area (Å²) in [7, 11) is 0. The van der Waals surface area contributed by atoms with Crippen LogP contribution in [0.1, 0.15) is 0 Å². The average molecular weight is 216 g/mol. The van der Waals surface area contributed by atoms with E-state index < -0.39 is 0 Å². The molecule has 74 valence electrons. The summed E-state index contributed by atoms with van der Waals surface area (Å²) < 4.78 is 4.99. The van der Waals surface area contributed by atoms with Gasteiger partial charge in [0.25, 0.3) is 0 Å². The monoisotopic (exact) mass is 216 g/mol. The molecule has 15 heavy (non-hydrogen) atoms. The number of hydrogen-bond acceptors (Lipinski definition) is 1. The molecule has 0 aromatic heterocycles. The van der Waals surface area contributed by atoms with Gasteiger partial charge < -0.3 is 4.21 Å². The van der Waals surface area contributed by atoms with Gasteiger partial charge in [0.15, 0.2) is 0 Å². The van der Waals surface area contributed by atoms with Gasteiger partial charge in [0.2, 0.25) is 0 Å². The summed E-state index contributed by atoms with van der Waals surface area (Å²) in [5.41, 5.74) is 2.11. The van der Waals surface area contributed by atoms with Gasteiger partial charge in [-0.25, -0.2) is 0 Å². The molecule has 0 spiro atoms. The second-order valence-electron chi connectivity index (χ2n) is 3.29. The first-order valence-electron chi connectivity index (χ1n) is 4.79. The Labute approximate surface area is 94.9 Å². The molecule has 0 aliphatic heterocycles. The summed E-state index contributed by atoms with van der Waals surface area (Å²) in [5, 5.41) is 0. The van der Waals surface area contributed by atoms with Gasteiger partial charge in [0.1, 0.15) is 0 Å². The minimum absolute atomic E-state index is 0.200. The molecule has 2 aromatic rings. The molecule has 0 saturated carbocycles. The molecular formula is C12H10BClO. The van der Waals surface area contributed by atoms with Crippen LogP contribution in [0.15, 0.2) is 60.7 Å². The van der Waals surface area contributed by atoms with Gasteiger partial charge in [-0.15, -0.1) is 0 Å². The average Bonchev–Trinajstić information content (AvgIpc) is 2.33. The molecule has 0 atom stereocenters. The number of benzene rings is 2. The van der Waals surface area contributed by atoms with E-state index in [2.05, 4.69) is 0 Å². The standard InChI is InChI=1S/C12H10BClO/c14-15-13(11-7-3-1-4-8-11)12-9-5-2-6-10-12/h1-10H. The predicted octanol–water partition coefficient (Wildman–Crippen LogP) is 1.96. The Balaban J connectivity index is 2.34. The van der Waals surface area contributed by atoms with Gasteiger partial charge in [-0.3, -0.25) is 0 Å². The van der Waals surface area contributed by atoms with Crippen LogP contribution in [0.25, 0.3) is 0 Å². The van der Waals surface area contributed by atoms with Crippen molar-refractivity contribution in [2.75, 3.05) is 0 Å². The topological polar surface area (TPSA) is 9.23 Å². The highest BCUT2D eigenvalue weighted by molar-refractivity contribution is 6.82. The smallest absolute Gasteiger partial charge is 0.331 e. The van der Waals surface area contributed by atoms with E-state index in [1.54, 1.807) is 0 Å². The lowest BCUT2D eigenvalue weighted by atomic mass is 9.56. The molecule has 0 bridgehead atoms. The van der Waals surface area contributed by atoms with Crippen molar-refractivity contribution in [3.63, 3.8) is 0 Å². The van der Waals surface area contributed by atoms with Crippen LogP contribution in [0.5, 0.6) is 0 Å². The summed E-state index contributed by atoms with van der Waals surface area (Å²) in [6, 6.07) is 19.8. The van der Waals surface area contributed by atoms with Crippen LogP contribution in [-0.2, 0) is 4.21 Å². The van der Waals surface area contributed by atoms with E-state index in [0.29, 0.717) is 0 Å². The summed E-state index contributed by atoms with van der Waals surface area (Å²) in [5.74, 6) is 0. The van der Waals surface area contributed by atoms with Crippen LogP contribution in [0.4, 0.5) is 0 Å². The zero-order chi connectivity index (χ0) is 10.5. The molecule has 0 aliphatic carbocycles. The van der Waals surface area contributed by atoms with E-state index in [4.69, 9.17) is 16.1 Å². The molecule has 0 saturated heterocycles. The first-order chi connectivity index (χ1) is 7.42. The maximum Gasteiger partial charge on any atom is 0.386 e. The summed E-state index contributed by atoms with van der Waals surface area (Å²) in [6.07, 6.45) is 0. The second-order valence-corrected chi connectivity index (χ2v) is 3.47. The Hall–Kier alpha value is -1.25. The number of rotatable bonds is 3. The first-order valence-corrected chi connectivity index (χ1v) is 5.10. The summed E-state index contributed by atoms with van der Waals surface area (Å²) in [6.45, 7) is -0.200. The molecule has 0 amide bonds. The van der Waals surface area contributed by atoms with Crippen LogP contribution in [0.2, 0.25) is 0 Å². The minimum atomic E-state index is -0.200. The Morgan fingerprint density at radius 2 is 1.13 bits per heavy atom. The molecule has 0 aliphatic rings. The number of halogens is 1. The van der Waals surface area contributed by atoms with Crippen molar-refractivity contribution in [2.45, 2.75) is 0 Å². The third-order valence-electron chi connectivity index (χ3n) is 2.29. The van der Waals surface area contributed by atoms with Crippen LogP contribution in [0.3, 0.4) is 0 Å². The third-order valence-corrected chi connectivity index (χ3v) is 2.47. The molecule has 0 unspecified atom stereocenters. The van der Waals surface area contributed by atoms with E-state index in [-0.39, 0.29) is 6.92 Å². The van der Waals surface area contributed by atoms with Crippen LogP contribution in [-0.4, -0.2) is 6.92 Å². The van der Waals surface area contributed by atoms with Gasteiger partial charge in [0, 0.05) is 11.9 Å². The lowest BCUT2D eigenvalue weighted by Crippen LogP contribution is -2.42. The highest BCUT2D eigenvalue weighted by Crippen LogP contribution is 1.96. The highest BCUT2D eigenvalue weighted by Gasteiger charge is 2.20. The van der Waals surface area contributed by atoms with E-state index in [0.717, 1.165) is 10.9 Å². The SMILES string of the molecule is ClOB(c1ccccc1)c1ccccc1. The Kier molecular flexibility index (Phi) is 3.43.